The fraction of sp³-hybridized carbons (Fsp3) is 0.357. The number of carboxylic acids is 1. The summed E-state index contributed by atoms with van der Waals surface area (Å²) in [5.41, 5.74) is 7.33. The zero-order valence-electron chi connectivity index (χ0n) is 20.4. The predicted molar refractivity (Wildman–Crippen MR) is 133 cm³/mol. The summed E-state index contributed by atoms with van der Waals surface area (Å²) < 4.78 is 47.1. The van der Waals surface area contributed by atoms with Gasteiger partial charge in [0.2, 0.25) is 0 Å². The van der Waals surface area contributed by atoms with E-state index in [1.54, 1.807) is 18.2 Å². The monoisotopic (exact) mass is 511 g/mol. The number of fused-ring (bicyclic) bond motifs is 1. The second-order valence-electron chi connectivity index (χ2n) is 9.24. The van der Waals surface area contributed by atoms with Crippen molar-refractivity contribution in [3.05, 3.63) is 71.2 Å². The Kier molecular flexibility index (Phi) is 8.31. The number of benzene rings is 2. The Bertz CT molecular complexity index is 1350. The van der Waals surface area contributed by atoms with Gasteiger partial charge < -0.3 is 15.6 Å². The number of halogens is 3. The summed E-state index contributed by atoms with van der Waals surface area (Å²) in [6.45, 7) is 1.12. The van der Waals surface area contributed by atoms with Gasteiger partial charge in [0.05, 0.1) is 36.8 Å². The van der Waals surface area contributed by atoms with E-state index in [2.05, 4.69) is 16.8 Å². The average Bonchev–Trinajstić information content (AvgIpc) is 2.89. The smallest absolute Gasteiger partial charge is 0.308 e. The van der Waals surface area contributed by atoms with Gasteiger partial charge in [0.25, 0.3) is 0 Å². The molecule has 2 heterocycles. The number of nitrogens with two attached hydrogens (primary N) is 1. The van der Waals surface area contributed by atoms with E-state index >= 15 is 0 Å². The summed E-state index contributed by atoms with van der Waals surface area (Å²) in [5, 5.41) is 10.4. The molecule has 1 aliphatic rings. The second kappa shape index (κ2) is 11.6. The Morgan fingerprint density at radius 2 is 2.05 bits per heavy atom. The molecule has 1 fully saturated rings. The molecule has 0 amide bonds. The third-order valence-electron chi connectivity index (χ3n) is 6.90. The van der Waals surface area contributed by atoms with Crippen LogP contribution in [0.4, 0.5) is 13.2 Å². The molecule has 3 N–H and O–H groups in total. The van der Waals surface area contributed by atoms with Crippen molar-refractivity contribution in [2.24, 2.45) is 17.6 Å². The van der Waals surface area contributed by atoms with Crippen LogP contribution < -0.4 is 10.5 Å². The van der Waals surface area contributed by atoms with Gasteiger partial charge in [0.1, 0.15) is 23.2 Å². The first kappa shape index (κ1) is 26.5. The second-order valence-corrected chi connectivity index (χ2v) is 9.24. The molecule has 0 spiro atoms. The van der Waals surface area contributed by atoms with Gasteiger partial charge in [0, 0.05) is 23.5 Å². The zero-order chi connectivity index (χ0) is 26.5. The number of methoxy groups -OCH3 is 1. The summed E-state index contributed by atoms with van der Waals surface area (Å²) >= 11 is 0. The van der Waals surface area contributed by atoms with Gasteiger partial charge in [-0.1, -0.05) is 11.8 Å². The minimum absolute atomic E-state index is 0.0350. The van der Waals surface area contributed by atoms with Gasteiger partial charge in [-0.15, -0.1) is 0 Å². The van der Waals surface area contributed by atoms with Crippen molar-refractivity contribution < 1.29 is 27.8 Å². The number of hydrogen-bond donors (Lipinski definition) is 2. The van der Waals surface area contributed by atoms with Gasteiger partial charge in [-0.05, 0) is 68.1 Å². The lowest BCUT2D eigenvalue weighted by atomic mass is 9.81. The number of nitrogens with zero attached hydrogens (tertiary/aromatic N) is 2. The molecule has 1 aliphatic heterocycles. The maximum absolute atomic E-state index is 14.8. The van der Waals surface area contributed by atoms with E-state index in [0.29, 0.717) is 48.0 Å². The number of rotatable bonds is 7. The van der Waals surface area contributed by atoms with Gasteiger partial charge in [-0.25, -0.2) is 13.2 Å². The van der Waals surface area contributed by atoms with Crippen molar-refractivity contribution in [2.45, 2.75) is 25.3 Å². The maximum Gasteiger partial charge on any atom is 0.308 e. The molecule has 4 rings (SSSR count). The number of aromatic nitrogens is 1. The summed E-state index contributed by atoms with van der Waals surface area (Å²) in [7, 11) is 1.53. The summed E-state index contributed by atoms with van der Waals surface area (Å²) in [5.74, 6) is 2.61. The van der Waals surface area contributed by atoms with E-state index in [-0.39, 0.29) is 24.6 Å². The molecule has 0 radical (unpaired) electrons. The van der Waals surface area contributed by atoms with Crippen LogP contribution in [0.3, 0.4) is 0 Å². The highest BCUT2D eigenvalue weighted by Gasteiger charge is 2.34. The Labute approximate surface area is 213 Å². The fourth-order valence-electron chi connectivity index (χ4n) is 4.89. The predicted octanol–water partition coefficient (Wildman–Crippen LogP) is 4.52. The average molecular weight is 512 g/mol. The standard InChI is InChI=1S/C28H28F3N3O3/c1-37-20-6-9-26-21(14-20)27(24(31)15-33-26)25(32)8-4-17-10-12-34(16-22(17)28(35)36)11-2-3-18-13-19(29)5-7-23(18)30/h5-7,9,13-15,17,22,25H,4,8,10-12,16,32H2,1H3,(H,35,36). The van der Waals surface area contributed by atoms with Crippen molar-refractivity contribution in [3.8, 4) is 17.6 Å². The lowest BCUT2D eigenvalue weighted by Crippen LogP contribution is -2.44. The molecule has 0 aliphatic carbocycles. The summed E-state index contributed by atoms with van der Waals surface area (Å²) in [6.07, 6.45) is 2.67. The van der Waals surface area contributed by atoms with Crippen molar-refractivity contribution in [2.75, 3.05) is 26.7 Å². The number of ether oxygens (including phenoxy) is 1. The SMILES string of the molecule is COc1ccc2ncc(F)c(C(N)CCC3CCN(CC#Cc4cc(F)ccc4F)CC3C(=O)O)c2c1. The van der Waals surface area contributed by atoms with Crippen LogP contribution in [0.1, 0.15) is 36.4 Å². The molecule has 6 nitrogen and oxygen atoms in total. The van der Waals surface area contributed by atoms with Gasteiger partial charge in [-0.3, -0.25) is 14.7 Å². The molecule has 9 heteroatoms. The topological polar surface area (TPSA) is 88.7 Å². The van der Waals surface area contributed by atoms with E-state index in [0.717, 1.165) is 24.4 Å². The lowest BCUT2D eigenvalue weighted by Gasteiger charge is -2.36. The van der Waals surface area contributed by atoms with E-state index < -0.39 is 35.4 Å². The minimum atomic E-state index is -0.919. The van der Waals surface area contributed by atoms with Crippen LogP contribution in [0, 0.1) is 41.1 Å². The van der Waals surface area contributed by atoms with Crippen LogP contribution in [0.2, 0.25) is 0 Å². The molecule has 3 unspecified atom stereocenters. The van der Waals surface area contributed by atoms with Crippen LogP contribution >= 0.6 is 0 Å². The largest absolute Gasteiger partial charge is 0.497 e. The molecule has 2 aromatic carbocycles. The number of likely N-dealkylation sites (tertiary alicyclic amines) is 1. The van der Waals surface area contributed by atoms with E-state index in [4.69, 9.17) is 10.5 Å². The highest BCUT2D eigenvalue weighted by Crippen LogP contribution is 2.34. The molecular formula is C28H28F3N3O3. The van der Waals surface area contributed by atoms with Gasteiger partial charge in [0.15, 0.2) is 0 Å². The minimum Gasteiger partial charge on any atom is -0.497 e. The van der Waals surface area contributed by atoms with Crippen LogP contribution in [-0.4, -0.2) is 47.7 Å². The highest BCUT2D eigenvalue weighted by atomic mass is 19.1. The number of hydrogen-bond acceptors (Lipinski definition) is 5. The molecule has 3 atom stereocenters. The van der Waals surface area contributed by atoms with E-state index in [1.165, 1.54) is 7.11 Å². The maximum atomic E-state index is 14.8. The molecule has 3 aromatic rings. The third kappa shape index (κ3) is 6.21. The van der Waals surface area contributed by atoms with Crippen molar-refractivity contribution in [1.82, 2.24) is 9.88 Å². The Hall–Kier alpha value is -3.61. The Morgan fingerprint density at radius 1 is 1.24 bits per heavy atom. The first-order valence-corrected chi connectivity index (χ1v) is 12.0. The Morgan fingerprint density at radius 3 is 2.81 bits per heavy atom. The molecule has 1 aromatic heterocycles. The highest BCUT2D eigenvalue weighted by molar-refractivity contribution is 5.84. The molecule has 194 valence electrons. The number of carbonyl (C=O) groups is 1. The third-order valence-corrected chi connectivity index (χ3v) is 6.90. The Balaban J connectivity index is 1.41. The van der Waals surface area contributed by atoms with Crippen molar-refractivity contribution in [3.63, 3.8) is 0 Å². The normalized spacial score (nSPS) is 18.7. The molecule has 0 saturated carbocycles. The molecular weight excluding hydrogens is 483 g/mol. The van der Waals surface area contributed by atoms with Crippen molar-refractivity contribution in [1.29, 1.82) is 0 Å². The van der Waals surface area contributed by atoms with Crippen molar-refractivity contribution >= 4 is 16.9 Å². The van der Waals surface area contributed by atoms with Gasteiger partial charge in [-0.2, -0.15) is 0 Å². The quantitative estimate of drug-likeness (QED) is 0.454. The number of carboxylic acid groups (broad SMARTS) is 1. The van der Waals surface area contributed by atoms with Crippen LogP contribution in [0.25, 0.3) is 10.9 Å². The molecule has 0 bridgehead atoms. The fourth-order valence-corrected chi connectivity index (χ4v) is 4.89. The lowest BCUT2D eigenvalue weighted by molar-refractivity contribution is -0.146. The molecule has 1 saturated heterocycles. The van der Waals surface area contributed by atoms with E-state index in [1.807, 2.05) is 4.90 Å². The van der Waals surface area contributed by atoms with Crippen LogP contribution in [-0.2, 0) is 4.79 Å². The number of aliphatic carboxylic acids is 1. The summed E-state index contributed by atoms with van der Waals surface area (Å²) in [4.78, 5) is 18.1. The van der Waals surface area contributed by atoms with Crippen LogP contribution in [0.5, 0.6) is 5.75 Å². The number of piperidine rings is 1. The summed E-state index contributed by atoms with van der Waals surface area (Å²) in [6, 6.07) is 7.62. The number of pyridine rings is 1. The zero-order valence-corrected chi connectivity index (χ0v) is 20.4. The van der Waals surface area contributed by atoms with E-state index in [9.17, 15) is 23.1 Å². The first-order valence-electron chi connectivity index (χ1n) is 12.0. The molecule has 37 heavy (non-hydrogen) atoms. The van der Waals surface area contributed by atoms with Gasteiger partial charge >= 0.3 is 5.97 Å². The first-order chi connectivity index (χ1) is 17.8. The van der Waals surface area contributed by atoms with Crippen LogP contribution in [0.15, 0.2) is 42.6 Å².